The molecule has 1 nitrogen and oxygen atoms in total. The molecule has 1 unspecified atom stereocenters. The van der Waals surface area contributed by atoms with Crippen molar-refractivity contribution < 1.29 is 4.79 Å². The van der Waals surface area contributed by atoms with E-state index in [1.54, 1.807) is 0 Å². The van der Waals surface area contributed by atoms with Crippen LogP contribution in [0.3, 0.4) is 0 Å². The lowest BCUT2D eigenvalue weighted by Gasteiger charge is -2.10. The number of carbonyl (C=O) groups excluding carboxylic acids is 1. The van der Waals surface area contributed by atoms with Crippen molar-refractivity contribution in [3.05, 3.63) is 35.9 Å². The van der Waals surface area contributed by atoms with E-state index < -0.39 is 0 Å². The molecular weight excluding hydrogens is 196 g/mol. The summed E-state index contributed by atoms with van der Waals surface area (Å²) in [5.74, 6) is 0.580. The number of Topliss-reactive ketones (excluding diaryl/α,β-unsaturated/α-hetero) is 1. The van der Waals surface area contributed by atoms with Crippen LogP contribution in [-0.2, 0) is 11.2 Å². The number of ketones is 1. The SMILES string of the molecule is CCCCCC(=O)C(C)Cc1ccccc1. The molecule has 16 heavy (non-hydrogen) atoms. The van der Waals surface area contributed by atoms with E-state index in [4.69, 9.17) is 0 Å². The molecule has 0 bridgehead atoms. The minimum Gasteiger partial charge on any atom is -0.299 e. The molecule has 1 rings (SSSR count). The molecule has 1 heteroatoms. The lowest BCUT2D eigenvalue weighted by molar-refractivity contribution is -0.122. The third-order valence-electron chi connectivity index (χ3n) is 2.96. The van der Waals surface area contributed by atoms with E-state index in [9.17, 15) is 4.79 Å². The summed E-state index contributed by atoms with van der Waals surface area (Å²) in [5.41, 5.74) is 1.26. The average molecular weight is 218 g/mol. The van der Waals surface area contributed by atoms with Crippen LogP contribution >= 0.6 is 0 Å². The molecule has 0 fully saturated rings. The lowest BCUT2D eigenvalue weighted by Crippen LogP contribution is -2.13. The predicted molar refractivity (Wildman–Crippen MR) is 68.5 cm³/mol. The number of rotatable bonds is 7. The van der Waals surface area contributed by atoms with E-state index in [-0.39, 0.29) is 5.92 Å². The van der Waals surface area contributed by atoms with Gasteiger partial charge >= 0.3 is 0 Å². The van der Waals surface area contributed by atoms with E-state index in [1.807, 2.05) is 25.1 Å². The molecule has 0 saturated carbocycles. The largest absolute Gasteiger partial charge is 0.299 e. The number of carbonyl (C=O) groups is 1. The molecule has 1 aromatic carbocycles. The van der Waals surface area contributed by atoms with Crippen LogP contribution in [0.25, 0.3) is 0 Å². The summed E-state index contributed by atoms with van der Waals surface area (Å²) in [5, 5.41) is 0. The molecule has 0 aromatic heterocycles. The summed E-state index contributed by atoms with van der Waals surface area (Å²) in [7, 11) is 0. The highest BCUT2D eigenvalue weighted by Crippen LogP contribution is 2.12. The van der Waals surface area contributed by atoms with E-state index in [0.717, 1.165) is 19.3 Å². The summed E-state index contributed by atoms with van der Waals surface area (Å²) in [4.78, 5) is 11.8. The summed E-state index contributed by atoms with van der Waals surface area (Å²) in [6.45, 7) is 4.21. The molecule has 0 amide bonds. The van der Waals surface area contributed by atoms with Gasteiger partial charge in [-0.05, 0) is 18.4 Å². The molecule has 0 aliphatic heterocycles. The zero-order chi connectivity index (χ0) is 11.8. The van der Waals surface area contributed by atoms with Crippen LogP contribution in [0, 0.1) is 5.92 Å². The van der Waals surface area contributed by atoms with Crippen molar-refractivity contribution in [1.29, 1.82) is 0 Å². The fourth-order valence-electron chi connectivity index (χ4n) is 1.88. The second-order valence-electron chi connectivity index (χ2n) is 4.51. The van der Waals surface area contributed by atoms with Crippen molar-refractivity contribution in [2.24, 2.45) is 5.92 Å². The van der Waals surface area contributed by atoms with Gasteiger partial charge in [0.1, 0.15) is 5.78 Å². The Kier molecular flexibility index (Phi) is 5.84. The maximum Gasteiger partial charge on any atom is 0.136 e. The number of unbranched alkanes of at least 4 members (excludes halogenated alkanes) is 2. The highest BCUT2D eigenvalue weighted by atomic mass is 16.1. The first kappa shape index (κ1) is 13.0. The smallest absolute Gasteiger partial charge is 0.136 e. The van der Waals surface area contributed by atoms with Crippen molar-refractivity contribution in [3.63, 3.8) is 0 Å². The van der Waals surface area contributed by atoms with Gasteiger partial charge in [0.2, 0.25) is 0 Å². The van der Waals surface area contributed by atoms with Gasteiger partial charge in [0, 0.05) is 12.3 Å². The van der Waals surface area contributed by atoms with Gasteiger partial charge in [-0.25, -0.2) is 0 Å². The Labute approximate surface area is 98.9 Å². The third-order valence-corrected chi connectivity index (χ3v) is 2.96. The molecule has 0 saturated heterocycles. The van der Waals surface area contributed by atoms with Crippen molar-refractivity contribution >= 4 is 5.78 Å². The van der Waals surface area contributed by atoms with Crippen LogP contribution in [0.1, 0.15) is 45.1 Å². The number of hydrogen-bond donors (Lipinski definition) is 0. The molecule has 1 aromatic rings. The topological polar surface area (TPSA) is 17.1 Å². The van der Waals surface area contributed by atoms with Crippen molar-refractivity contribution in [3.8, 4) is 0 Å². The number of benzene rings is 1. The first-order valence-corrected chi connectivity index (χ1v) is 6.30. The van der Waals surface area contributed by atoms with Gasteiger partial charge in [0.15, 0.2) is 0 Å². The van der Waals surface area contributed by atoms with Gasteiger partial charge in [-0.1, -0.05) is 57.0 Å². The Morgan fingerprint density at radius 3 is 2.50 bits per heavy atom. The minimum absolute atomic E-state index is 0.166. The fourth-order valence-corrected chi connectivity index (χ4v) is 1.88. The first-order chi connectivity index (χ1) is 7.74. The highest BCUT2D eigenvalue weighted by Gasteiger charge is 2.12. The van der Waals surface area contributed by atoms with Crippen molar-refractivity contribution in [2.45, 2.75) is 46.0 Å². The normalized spacial score (nSPS) is 12.4. The predicted octanol–water partition coefficient (Wildman–Crippen LogP) is 4.01. The Balaban J connectivity index is 2.34. The third kappa shape index (κ3) is 4.61. The quantitative estimate of drug-likeness (QED) is 0.632. The van der Waals surface area contributed by atoms with Crippen LogP contribution < -0.4 is 0 Å². The van der Waals surface area contributed by atoms with Crippen LogP contribution in [0.15, 0.2) is 30.3 Å². The zero-order valence-electron chi connectivity index (χ0n) is 10.4. The first-order valence-electron chi connectivity index (χ1n) is 6.30. The second kappa shape index (κ2) is 7.21. The Hall–Kier alpha value is -1.11. The van der Waals surface area contributed by atoms with Gasteiger partial charge in [-0.15, -0.1) is 0 Å². The molecule has 0 radical (unpaired) electrons. The van der Waals surface area contributed by atoms with E-state index in [2.05, 4.69) is 19.1 Å². The molecule has 0 N–H and O–H groups in total. The summed E-state index contributed by atoms with van der Waals surface area (Å²) < 4.78 is 0. The highest BCUT2D eigenvalue weighted by molar-refractivity contribution is 5.80. The Morgan fingerprint density at radius 1 is 1.19 bits per heavy atom. The van der Waals surface area contributed by atoms with Gasteiger partial charge < -0.3 is 0 Å². The standard InChI is InChI=1S/C15H22O/c1-3-4-6-11-15(16)13(2)12-14-9-7-5-8-10-14/h5,7-10,13H,3-4,6,11-12H2,1-2H3. The molecule has 0 spiro atoms. The van der Waals surface area contributed by atoms with E-state index in [1.165, 1.54) is 18.4 Å². The fraction of sp³-hybridized carbons (Fsp3) is 0.533. The Bertz CT molecular complexity index is 302. The minimum atomic E-state index is 0.166. The lowest BCUT2D eigenvalue weighted by atomic mass is 9.94. The van der Waals surface area contributed by atoms with Crippen LogP contribution in [0.5, 0.6) is 0 Å². The molecule has 88 valence electrons. The summed E-state index contributed by atoms with van der Waals surface area (Å²) >= 11 is 0. The molecular formula is C15H22O. The number of hydrogen-bond acceptors (Lipinski definition) is 1. The maximum absolute atomic E-state index is 11.8. The summed E-state index contributed by atoms with van der Waals surface area (Å²) in [6.07, 6.45) is 5.03. The second-order valence-corrected chi connectivity index (χ2v) is 4.51. The average Bonchev–Trinajstić information content (AvgIpc) is 2.30. The maximum atomic E-state index is 11.8. The van der Waals surface area contributed by atoms with Crippen LogP contribution in [0.4, 0.5) is 0 Å². The van der Waals surface area contributed by atoms with Gasteiger partial charge in [0.05, 0.1) is 0 Å². The van der Waals surface area contributed by atoms with Gasteiger partial charge in [0.25, 0.3) is 0 Å². The van der Waals surface area contributed by atoms with Crippen molar-refractivity contribution in [1.82, 2.24) is 0 Å². The monoisotopic (exact) mass is 218 g/mol. The van der Waals surface area contributed by atoms with E-state index >= 15 is 0 Å². The molecule has 0 aliphatic rings. The molecule has 0 heterocycles. The zero-order valence-corrected chi connectivity index (χ0v) is 10.4. The van der Waals surface area contributed by atoms with Gasteiger partial charge in [-0.2, -0.15) is 0 Å². The van der Waals surface area contributed by atoms with Crippen molar-refractivity contribution in [2.75, 3.05) is 0 Å². The van der Waals surface area contributed by atoms with Crippen LogP contribution in [-0.4, -0.2) is 5.78 Å². The molecule has 1 atom stereocenters. The van der Waals surface area contributed by atoms with E-state index in [0.29, 0.717) is 5.78 Å². The summed E-state index contributed by atoms with van der Waals surface area (Å²) in [6, 6.07) is 10.3. The Morgan fingerprint density at radius 2 is 1.88 bits per heavy atom. The van der Waals surface area contributed by atoms with Gasteiger partial charge in [-0.3, -0.25) is 4.79 Å². The van der Waals surface area contributed by atoms with Crippen LogP contribution in [0.2, 0.25) is 0 Å². The molecule has 0 aliphatic carbocycles.